The Morgan fingerprint density at radius 3 is 2.74 bits per heavy atom. The first-order valence-corrected chi connectivity index (χ1v) is 7.74. The number of para-hydroxylation sites is 1. The molecule has 2 aromatic rings. The second-order valence-corrected chi connectivity index (χ2v) is 6.25. The standard InChI is InChI=1S/C18H16N2O3/c21-16(10-12-6-2-4-8-15(12)20(22)23)19-18-14-9-11-5-1-3-7-13(11)17(14)18/h1-8,14,17-18H,9-10H2,(H,19,21)/t14-,17+,18-/m1/s1. The minimum atomic E-state index is -0.440. The first kappa shape index (κ1) is 13.9. The van der Waals surface area contributed by atoms with E-state index < -0.39 is 4.92 Å². The van der Waals surface area contributed by atoms with Gasteiger partial charge >= 0.3 is 0 Å². The second kappa shape index (κ2) is 5.19. The third kappa shape index (κ3) is 2.38. The van der Waals surface area contributed by atoms with Crippen LogP contribution in [0.5, 0.6) is 0 Å². The molecule has 5 nitrogen and oxygen atoms in total. The van der Waals surface area contributed by atoms with Gasteiger partial charge in [0, 0.05) is 23.6 Å². The molecule has 116 valence electrons. The molecular formula is C18H16N2O3. The van der Waals surface area contributed by atoms with Crippen molar-refractivity contribution in [3.63, 3.8) is 0 Å². The van der Waals surface area contributed by atoms with E-state index in [1.165, 1.54) is 17.2 Å². The zero-order valence-corrected chi connectivity index (χ0v) is 12.4. The lowest BCUT2D eigenvalue weighted by Gasteiger charge is -2.09. The maximum absolute atomic E-state index is 12.2. The monoisotopic (exact) mass is 308 g/mol. The number of hydrogen-bond acceptors (Lipinski definition) is 3. The number of nitro groups is 1. The molecule has 3 atom stereocenters. The van der Waals surface area contributed by atoms with E-state index in [4.69, 9.17) is 0 Å². The van der Waals surface area contributed by atoms with Crippen LogP contribution in [0.3, 0.4) is 0 Å². The van der Waals surface area contributed by atoms with Gasteiger partial charge in [-0.05, 0) is 23.5 Å². The molecule has 0 bridgehead atoms. The largest absolute Gasteiger partial charge is 0.352 e. The predicted octanol–water partition coefficient (Wildman–Crippen LogP) is 2.59. The minimum absolute atomic E-state index is 0.00369. The van der Waals surface area contributed by atoms with Crippen LogP contribution >= 0.6 is 0 Å². The van der Waals surface area contributed by atoms with Gasteiger partial charge in [-0.2, -0.15) is 0 Å². The highest BCUT2D eigenvalue weighted by molar-refractivity contribution is 5.81. The van der Waals surface area contributed by atoms with Gasteiger partial charge in [0.2, 0.25) is 5.91 Å². The molecule has 0 saturated heterocycles. The topological polar surface area (TPSA) is 72.2 Å². The number of nitrogens with one attached hydrogen (secondary N) is 1. The Morgan fingerprint density at radius 1 is 1.17 bits per heavy atom. The van der Waals surface area contributed by atoms with Crippen LogP contribution in [0.25, 0.3) is 0 Å². The highest BCUT2D eigenvalue weighted by Gasteiger charge is 2.56. The molecule has 0 spiro atoms. The van der Waals surface area contributed by atoms with E-state index >= 15 is 0 Å². The number of nitrogens with zero attached hydrogens (tertiary/aromatic N) is 1. The summed E-state index contributed by atoms with van der Waals surface area (Å²) in [6.07, 6.45) is 1.06. The van der Waals surface area contributed by atoms with Crippen LogP contribution in [0.4, 0.5) is 5.69 Å². The first-order valence-electron chi connectivity index (χ1n) is 7.74. The molecular weight excluding hydrogens is 292 g/mol. The zero-order valence-electron chi connectivity index (χ0n) is 12.4. The van der Waals surface area contributed by atoms with Crippen molar-refractivity contribution in [1.29, 1.82) is 0 Å². The maximum Gasteiger partial charge on any atom is 0.273 e. The molecule has 2 aliphatic rings. The summed E-state index contributed by atoms with van der Waals surface area (Å²) in [5.74, 6) is 0.763. The molecule has 1 amide bonds. The SMILES string of the molecule is O=C(Cc1ccccc1[N+](=O)[O-])N[C@@H]1[C@@H]2Cc3ccccc3[C@@H]21. The number of hydrogen-bond donors (Lipinski definition) is 1. The van der Waals surface area contributed by atoms with Gasteiger partial charge in [0.15, 0.2) is 0 Å². The molecule has 4 rings (SSSR count). The molecule has 23 heavy (non-hydrogen) atoms. The average Bonchev–Trinajstić information content (AvgIpc) is 3.04. The fourth-order valence-corrected chi connectivity index (χ4v) is 3.80. The van der Waals surface area contributed by atoms with Crippen molar-refractivity contribution in [3.05, 3.63) is 75.3 Å². The van der Waals surface area contributed by atoms with E-state index in [0.717, 1.165) is 6.42 Å². The van der Waals surface area contributed by atoms with Gasteiger partial charge in [0.1, 0.15) is 0 Å². The van der Waals surface area contributed by atoms with Crippen molar-refractivity contribution in [2.24, 2.45) is 5.92 Å². The van der Waals surface area contributed by atoms with E-state index in [9.17, 15) is 14.9 Å². The van der Waals surface area contributed by atoms with Crippen LogP contribution in [0, 0.1) is 16.0 Å². The molecule has 1 fully saturated rings. The summed E-state index contributed by atoms with van der Waals surface area (Å²) >= 11 is 0. The highest BCUT2D eigenvalue weighted by atomic mass is 16.6. The van der Waals surface area contributed by atoms with Crippen molar-refractivity contribution < 1.29 is 9.72 Å². The van der Waals surface area contributed by atoms with Gasteiger partial charge in [-0.25, -0.2) is 0 Å². The number of carbonyl (C=O) groups is 1. The lowest BCUT2D eigenvalue weighted by atomic mass is 10.0. The van der Waals surface area contributed by atoms with Crippen molar-refractivity contribution in [2.45, 2.75) is 24.8 Å². The fraction of sp³-hybridized carbons (Fsp3) is 0.278. The molecule has 0 radical (unpaired) electrons. The summed E-state index contributed by atoms with van der Waals surface area (Å²) < 4.78 is 0. The van der Waals surface area contributed by atoms with E-state index in [1.807, 2.05) is 12.1 Å². The van der Waals surface area contributed by atoms with Crippen molar-refractivity contribution in [2.75, 3.05) is 0 Å². The van der Waals surface area contributed by atoms with E-state index in [1.54, 1.807) is 18.2 Å². The van der Waals surface area contributed by atoms with E-state index in [0.29, 0.717) is 17.4 Å². The number of fused-ring (bicyclic) bond motifs is 3. The molecule has 1 N–H and O–H groups in total. The fourth-order valence-electron chi connectivity index (χ4n) is 3.80. The van der Waals surface area contributed by atoms with Gasteiger partial charge in [-0.15, -0.1) is 0 Å². The number of rotatable bonds is 4. The van der Waals surface area contributed by atoms with E-state index in [-0.39, 0.29) is 24.1 Å². The predicted molar refractivity (Wildman–Crippen MR) is 85.1 cm³/mol. The van der Waals surface area contributed by atoms with Gasteiger partial charge in [0.25, 0.3) is 5.69 Å². The number of benzene rings is 2. The molecule has 0 aliphatic heterocycles. The summed E-state index contributed by atoms with van der Waals surface area (Å²) in [7, 11) is 0. The van der Waals surface area contributed by atoms with Crippen LogP contribution in [-0.2, 0) is 17.6 Å². The zero-order chi connectivity index (χ0) is 16.0. The molecule has 2 aliphatic carbocycles. The summed E-state index contributed by atoms with van der Waals surface area (Å²) in [5.41, 5.74) is 3.19. The molecule has 0 heterocycles. The van der Waals surface area contributed by atoms with Gasteiger partial charge in [-0.1, -0.05) is 42.5 Å². The quantitative estimate of drug-likeness (QED) is 0.697. The lowest BCUT2D eigenvalue weighted by Crippen LogP contribution is -2.30. The summed E-state index contributed by atoms with van der Waals surface area (Å²) in [4.78, 5) is 22.8. The van der Waals surface area contributed by atoms with Gasteiger partial charge < -0.3 is 5.32 Å². The van der Waals surface area contributed by atoms with Crippen LogP contribution in [0.2, 0.25) is 0 Å². The third-order valence-corrected chi connectivity index (χ3v) is 4.91. The Labute approximate surface area is 133 Å². The Balaban J connectivity index is 1.43. The van der Waals surface area contributed by atoms with Crippen LogP contribution in [-0.4, -0.2) is 16.9 Å². The normalized spacial score (nSPS) is 23.7. The van der Waals surface area contributed by atoms with Crippen molar-refractivity contribution in [3.8, 4) is 0 Å². The van der Waals surface area contributed by atoms with Crippen LogP contribution < -0.4 is 5.32 Å². The van der Waals surface area contributed by atoms with Gasteiger partial charge in [-0.3, -0.25) is 14.9 Å². The number of carbonyl (C=O) groups excluding carboxylic acids is 1. The highest BCUT2D eigenvalue weighted by Crippen LogP contribution is 2.56. The molecule has 5 heteroatoms. The third-order valence-electron chi connectivity index (χ3n) is 4.91. The maximum atomic E-state index is 12.2. The first-order chi connectivity index (χ1) is 11.1. The number of nitro benzene ring substituents is 1. The molecule has 1 saturated carbocycles. The van der Waals surface area contributed by atoms with Gasteiger partial charge in [0.05, 0.1) is 11.3 Å². The smallest absolute Gasteiger partial charge is 0.273 e. The minimum Gasteiger partial charge on any atom is -0.352 e. The summed E-state index contributed by atoms with van der Waals surface area (Å²) in [6.45, 7) is 0. The van der Waals surface area contributed by atoms with Crippen LogP contribution in [0.1, 0.15) is 22.6 Å². The molecule has 2 aromatic carbocycles. The van der Waals surface area contributed by atoms with Crippen LogP contribution in [0.15, 0.2) is 48.5 Å². The number of amides is 1. The van der Waals surface area contributed by atoms with Crippen molar-refractivity contribution in [1.82, 2.24) is 5.32 Å². The molecule has 0 aromatic heterocycles. The average molecular weight is 308 g/mol. The Kier molecular flexibility index (Phi) is 3.15. The van der Waals surface area contributed by atoms with E-state index in [2.05, 4.69) is 17.4 Å². The second-order valence-electron chi connectivity index (χ2n) is 6.25. The lowest BCUT2D eigenvalue weighted by molar-refractivity contribution is -0.385. The summed E-state index contributed by atoms with van der Waals surface area (Å²) in [6, 6.07) is 14.9. The Hall–Kier alpha value is -2.69. The molecule has 0 unspecified atom stereocenters. The Bertz CT molecular complexity index is 802. The van der Waals surface area contributed by atoms with Crippen molar-refractivity contribution >= 4 is 11.6 Å². The summed E-state index contributed by atoms with van der Waals surface area (Å²) in [5, 5.41) is 14.1. The Morgan fingerprint density at radius 2 is 1.91 bits per heavy atom.